The molecule has 0 aliphatic heterocycles. The second-order valence-electron chi connectivity index (χ2n) is 2.97. The number of pyridine rings is 1. The van der Waals surface area contributed by atoms with Crippen molar-refractivity contribution in [3.63, 3.8) is 0 Å². The first-order chi connectivity index (χ1) is 7.34. The fourth-order valence-electron chi connectivity index (χ4n) is 1.05. The molecule has 16 heavy (non-hydrogen) atoms. The van der Waals surface area contributed by atoms with Gasteiger partial charge in [0.1, 0.15) is 0 Å². The number of halogens is 1. The maximum absolute atomic E-state index is 8.60. The molecule has 0 spiro atoms. The van der Waals surface area contributed by atoms with Gasteiger partial charge in [0.05, 0.1) is 14.9 Å². The zero-order valence-corrected chi connectivity index (χ0v) is 9.55. The summed E-state index contributed by atoms with van der Waals surface area (Å²) in [5.74, 6) is 0. The van der Waals surface area contributed by atoms with E-state index in [4.69, 9.17) is 23.7 Å². The first kappa shape index (κ1) is 15.2. The number of aryl methyl sites for hydroxylation is 2. The molecule has 1 heterocycles. The number of hydrogen-bond donors (Lipinski definition) is 2. The van der Waals surface area contributed by atoms with Crippen LogP contribution in [0.3, 0.4) is 0 Å². The Hall–Kier alpha value is -0.760. The minimum absolute atomic E-state index is 0.258. The molecule has 6 nitrogen and oxygen atoms in total. The molecular weight excluding hydrogens is 238 g/mol. The molecule has 0 aliphatic rings. The quantitative estimate of drug-likeness (QED) is 0.598. The molecule has 1 aromatic rings. The van der Waals surface area contributed by atoms with Crippen LogP contribution < -0.4 is 14.0 Å². The summed E-state index contributed by atoms with van der Waals surface area (Å²) in [5, 5.41) is 8.60. The average molecular weight is 252 g/mol. The predicted molar refractivity (Wildman–Crippen MR) is 46.6 cm³/mol. The van der Waals surface area contributed by atoms with Crippen LogP contribution in [-0.2, 0) is 6.42 Å². The largest absolute Gasteiger partial charge is 0.396 e. The SMILES string of the molecule is Cc1ncccc1CCCO.[O-][Cl+3]([O-])([O-])O. The Morgan fingerprint density at radius 3 is 2.38 bits per heavy atom. The summed E-state index contributed by atoms with van der Waals surface area (Å²) < 4.78 is 32.7. The number of aliphatic hydroxyl groups excluding tert-OH is 1. The van der Waals surface area contributed by atoms with Crippen molar-refractivity contribution in [1.82, 2.24) is 4.98 Å². The van der Waals surface area contributed by atoms with Gasteiger partial charge in [0.15, 0.2) is 0 Å². The fourth-order valence-corrected chi connectivity index (χ4v) is 1.05. The second kappa shape index (κ2) is 7.50. The molecule has 0 radical (unpaired) electrons. The molecule has 1 aromatic heterocycles. The van der Waals surface area contributed by atoms with Crippen LogP contribution in [0.4, 0.5) is 0 Å². The van der Waals surface area contributed by atoms with Crippen LogP contribution in [0.2, 0.25) is 0 Å². The highest BCUT2D eigenvalue weighted by molar-refractivity contribution is 5.18. The van der Waals surface area contributed by atoms with Crippen molar-refractivity contribution in [1.29, 1.82) is 0 Å². The van der Waals surface area contributed by atoms with Crippen LogP contribution in [0.25, 0.3) is 0 Å². The van der Waals surface area contributed by atoms with E-state index in [0.717, 1.165) is 18.5 Å². The first-order valence-electron chi connectivity index (χ1n) is 4.49. The molecule has 0 unspecified atom stereocenters. The molecule has 92 valence electrons. The standard InChI is InChI=1S/C9H13NO.ClHO4/c1-8-9(5-3-7-11)4-2-6-10-8;2-1(3,4)5/h2,4,6,11H,3,5,7H2,1H3;(H,2,3,4,5). The molecule has 0 bridgehead atoms. The zero-order chi connectivity index (χ0) is 12.6. The van der Waals surface area contributed by atoms with Gasteiger partial charge >= 0.3 is 0 Å². The molecule has 2 N–H and O–H groups in total. The lowest BCUT2D eigenvalue weighted by Crippen LogP contribution is -2.58. The zero-order valence-electron chi connectivity index (χ0n) is 8.80. The van der Waals surface area contributed by atoms with Crippen molar-refractivity contribution in [3.05, 3.63) is 29.6 Å². The van der Waals surface area contributed by atoms with Gasteiger partial charge in [-0.25, -0.2) is 0 Å². The van der Waals surface area contributed by atoms with Gasteiger partial charge in [-0.15, -0.1) is 0 Å². The molecule has 0 amide bonds. The molecule has 0 aromatic carbocycles. The fraction of sp³-hybridized carbons (Fsp3) is 0.444. The highest BCUT2D eigenvalue weighted by Crippen LogP contribution is 2.05. The molecule has 0 aliphatic carbocycles. The third-order valence-electron chi connectivity index (χ3n) is 1.72. The average Bonchev–Trinajstić information content (AvgIpc) is 2.14. The van der Waals surface area contributed by atoms with Crippen molar-refractivity contribution in [2.75, 3.05) is 6.61 Å². The Morgan fingerprint density at radius 1 is 1.38 bits per heavy atom. The van der Waals surface area contributed by atoms with Crippen LogP contribution in [0.5, 0.6) is 0 Å². The van der Waals surface area contributed by atoms with Gasteiger partial charge in [-0.1, -0.05) is 6.07 Å². The van der Waals surface area contributed by atoms with Gasteiger partial charge in [0.2, 0.25) is 0 Å². The summed E-state index contributed by atoms with van der Waals surface area (Å²) in [6.07, 6.45) is 3.54. The number of nitrogens with zero attached hydrogens (tertiary/aromatic N) is 1. The van der Waals surface area contributed by atoms with Gasteiger partial charge in [-0.2, -0.15) is 14.0 Å². The molecule has 0 saturated heterocycles. The normalized spacial score (nSPS) is 10.6. The van der Waals surface area contributed by atoms with E-state index in [1.165, 1.54) is 5.56 Å². The Bertz CT molecular complexity index is 296. The van der Waals surface area contributed by atoms with E-state index in [9.17, 15) is 0 Å². The van der Waals surface area contributed by atoms with Gasteiger partial charge in [0, 0.05) is 18.5 Å². The summed E-state index contributed by atoms with van der Waals surface area (Å²) in [7, 11) is -4.69. The van der Waals surface area contributed by atoms with Crippen LogP contribution >= 0.6 is 0 Å². The number of aliphatic hydroxyl groups is 1. The smallest absolute Gasteiger partial charge is 0.0777 e. The lowest BCUT2D eigenvalue weighted by molar-refractivity contribution is -1.92. The lowest BCUT2D eigenvalue weighted by Gasteiger charge is -2.03. The number of rotatable bonds is 3. The van der Waals surface area contributed by atoms with E-state index in [1.54, 1.807) is 6.20 Å². The van der Waals surface area contributed by atoms with E-state index in [-0.39, 0.29) is 6.61 Å². The van der Waals surface area contributed by atoms with E-state index >= 15 is 0 Å². The molecule has 1 rings (SSSR count). The van der Waals surface area contributed by atoms with E-state index in [1.807, 2.05) is 13.0 Å². The number of aromatic nitrogens is 1. The maximum atomic E-state index is 8.60. The summed E-state index contributed by atoms with van der Waals surface area (Å²) in [4.78, 5) is 4.15. The minimum Gasteiger partial charge on any atom is -0.396 e. The minimum atomic E-state index is -4.69. The summed E-state index contributed by atoms with van der Waals surface area (Å²) in [6.45, 7) is 2.25. The topological polar surface area (TPSA) is 123 Å². The van der Waals surface area contributed by atoms with Crippen molar-refractivity contribution >= 4 is 0 Å². The van der Waals surface area contributed by atoms with E-state index < -0.39 is 10.2 Å². The molecule has 0 fully saturated rings. The van der Waals surface area contributed by atoms with Gasteiger partial charge in [-0.3, -0.25) is 4.98 Å². The lowest BCUT2D eigenvalue weighted by atomic mass is 10.1. The van der Waals surface area contributed by atoms with E-state index in [0.29, 0.717) is 0 Å². The van der Waals surface area contributed by atoms with Gasteiger partial charge in [-0.05, 0) is 31.4 Å². The maximum Gasteiger partial charge on any atom is 0.0777 e. The number of hydrogen-bond acceptors (Lipinski definition) is 6. The third kappa shape index (κ3) is 9.78. The Kier molecular flexibility index (Phi) is 7.15. The van der Waals surface area contributed by atoms with Crippen molar-refractivity contribution in [2.45, 2.75) is 19.8 Å². The van der Waals surface area contributed by atoms with Crippen molar-refractivity contribution in [2.24, 2.45) is 0 Å². The van der Waals surface area contributed by atoms with E-state index in [2.05, 4.69) is 11.1 Å². The summed E-state index contributed by atoms with van der Waals surface area (Å²) in [6, 6.07) is 3.98. The van der Waals surface area contributed by atoms with Crippen molar-refractivity contribution in [3.8, 4) is 0 Å². The summed E-state index contributed by atoms with van der Waals surface area (Å²) >= 11 is 0. The Balaban J connectivity index is 0.000000385. The van der Waals surface area contributed by atoms with Crippen molar-refractivity contribution < 1.29 is 34.0 Å². The highest BCUT2D eigenvalue weighted by Gasteiger charge is 1.98. The Labute approximate surface area is 95.5 Å². The first-order valence-corrected chi connectivity index (χ1v) is 5.75. The van der Waals surface area contributed by atoms with Crippen LogP contribution in [0, 0.1) is 17.2 Å². The molecule has 0 saturated carbocycles. The van der Waals surface area contributed by atoms with Gasteiger partial charge in [0.25, 0.3) is 0 Å². The Morgan fingerprint density at radius 2 is 1.94 bits per heavy atom. The third-order valence-corrected chi connectivity index (χ3v) is 1.72. The predicted octanol–water partition coefficient (Wildman–Crippen LogP) is -2.81. The molecular formula is C9H14ClNO5. The van der Waals surface area contributed by atoms with Crippen LogP contribution in [0.15, 0.2) is 18.3 Å². The molecule has 7 heteroatoms. The highest BCUT2D eigenvalue weighted by atomic mass is 35.7. The van der Waals surface area contributed by atoms with Crippen LogP contribution in [0.1, 0.15) is 17.7 Å². The van der Waals surface area contributed by atoms with Crippen LogP contribution in [-0.4, -0.2) is 21.4 Å². The second-order valence-corrected chi connectivity index (χ2v) is 3.76. The monoisotopic (exact) mass is 251 g/mol. The molecule has 0 atom stereocenters. The van der Waals surface area contributed by atoms with Gasteiger partial charge < -0.3 is 5.11 Å². The summed E-state index contributed by atoms with van der Waals surface area (Å²) in [5.41, 5.74) is 2.31.